The molecule has 0 aromatic carbocycles. The minimum absolute atomic E-state index is 0.625. The van der Waals surface area contributed by atoms with E-state index in [0.717, 1.165) is 5.54 Å². The minimum atomic E-state index is -1.81. The molecule has 0 amide bonds. The molecule has 0 heterocycles. The van der Waals surface area contributed by atoms with Gasteiger partial charge in [0.2, 0.25) is 0 Å². The molecular weight excluding hydrogens is 168 g/mol. The average molecular weight is 188 g/mol. The highest BCUT2D eigenvalue weighted by atomic mass is 28.4. The molecule has 0 spiro atoms. The van der Waals surface area contributed by atoms with E-state index in [9.17, 15) is 0 Å². The maximum atomic E-state index is 5.68. The number of hydrogen-bond donors (Lipinski definition) is 0. The van der Waals surface area contributed by atoms with E-state index in [0.29, 0.717) is 5.54 Å². The quantitative estimate of drug-likeness (QED) is 0.618. The lowest BCUT2D eigenvalue weighted by atomic mass is 10.4. The van der Waals surface area contributed by atoms with Crippen LogP contribution in [0.25, 0.3) is 0 Å². The van der Waals surface area contributed by atoms with Crippen LogP contribution in [0.5, 0.6) is 0 Å². The molecule has 1 fully saturated rings. The molecule has 0 bridgehead atoms. The molecule has 72 valence electrons. The summed E-state index contributed by atoms with van der Waals surface area (Å²) in [6.07, 6.45) is 3.81. The number of rotatable bonds is 5. The first-order valence-corrected chi connectivity index (χ1v) is 6.78. The number of hydrogen-bond acceptors (Lipinski definition) is 2. The van der Waals surface area contributed by atoms with E-state index in [1.54, 1.807) is 0 Å². The summed E-state index contributed by atoms with van der Waals surface area (Å²) in [5.74, 6) is 0. The second kappa shape index (κ2) is 3.90. The highest BCUT2D eigenvalue weighted by molar-refractivity contribution is 6.71. The van der Waals surface area contributed by atoms with Crippen LogP contribution in [0.3, 0.4) is 0 Å². The van der Waals surface area contributed by atoms with Gasteiger partial charge in [0.05, 0.1) is 0 Å². The molecule has 1 unspecified atom stereocenters. The largest absolute Gasteiger partial charge is 0.397 e. The predicted octanol–water partition coefficient (Wildman–Crippen LogP) is 2.69. The zero-order chi connectivity index (χ0) is 9.19. The lowest BCUT2D eigenvalue weighted by Gasteiger charge is -2.32. The van der Waals surface area contributed by atoms with E-state index in [2.05, 4.69) is 13.8 Å². The van der Waals surface area contributed by atoms with E-state index in [-0.39, 0.29) is 0 Å². The zero-order valence-electron chi connectivity index (χ0n) is 8.59. The van der Waals surface area contributed by atoms with E-state index < -0.39 is 8.56 Å². The van der Waals surface area contributed by atoms with Gasteiger partial charge >= 0.3 is 8.56 Å². The lowest BCUT2D eigenvalue weighted by molar-refractivity contribution is 0.227. The SMILES string of the molecule is CCC(C)[Si](OC)(OC)C1CC1. The van der Waals surface area contributed by atoms with Crippen LogP contribution in [0, 0.1) is 0 Å². The lowest BCUT2D eigenvalue weighted by Crippen LogP contribution is -2.44. The van der Waals surface area contributed by atoms with Gasteiger partial charge in [0.25, 0.3) is 0 Å². The minimum Gasteiger partial charge on any atom is -0.397 e. The summed E-state index contributed by atoms with van der Waals surface area (Å²) < 4.78 is 11.4. The summed E-state index contributed by atoms with van der Waals surface area (Å²) in [6.45, 7) is 4.48. The van der Waals surface area contributed by atoms with Gasteiger partial charge in [0.1, 0.15) is 0 Å². The topological polar surface area (TPSA) is 18.5 Å². The zero-order valence-corrected chi connectivity index (χ0v) is 9.59. The van der Waals surface area contributed by atoms with Crippen molar-refractivity contribution in [1.82, 2.24) is 0 Å². The van der Waals surface area contributed by atoms with Crippen molar-refractivity contribution in [3.63, 3.8) is 0 Å². The maximum absolute atomic E-state index is 5.68. The first kappa shape index (κ1) is 10.2. The molecule has 1 atom stereocenters. The fourth-order valence-corrected chi connectivity index (χ4v) is 5.97. The smallest absolute Gasteiger partial charge is 0.343 e. The summed E-state index contributed by atoms with van der Waals surface area (Å²) in [6, 6.07) is 0. The van der Waals surface area contributed by atoms with Crippen LogP contribution >= 0.6 is 0 Å². The monoisotopic (exact) mass is 188 g/mol. The van der Waals surface area contributed by atoms with Gasteiger partial charge < -0.3 is 8.85 Å². The van der Waals surface area contributed by atoms with E-state index in [4.69, 9.17) is 8.85 Å². The highest BCUT2D eigenvalue weighted by Crippen LogP contribution is 2.51. The third-order valence-electron chi connectivity index (χ3n) is 3.08. The Kier molecular flexibility index (Phi) is 3.32. The van der Waals surface area contributed by atoms with Crippen molar-refractivity contribution < 1.29 is 8.85 Å². The fourth-order valence-electron chi connectivity index (χ4n) is 1.99. The molecule has 0 aromatic heterocycles. The summed E-state index contributed by atoms with van der Waals surface area (Å²) in [4.78, 5) is 0. The molecular formula is C9H20O2Si. The van der Waals surface area contributed by atoms with Crippen LogP contribution in [0.2, 0.25) is 11.1 Å². The summed E-state index contributed by atoms with van der Waals surface area (Å²) in [7, 11) is 1.83. The van der Waals surface area contributed by atoms with Crippen LogP contribution in [-0.2, 0) is 8.85 Å². The Labute approximate surface area is 76.5 Å². The first-order chi connectivity index (χ1) is 5.71. The van der Waals surface area contributed by atoms with Crippen molar-refractivity contribution in [2.45, 2.75) is 44.2 Å². The van der Waals surface area contributed by atoms with Crippen molar-refractivity contribution in [2.24, 2.45) is 0 Å². The van der Waals surface area contributed by atoms with Crippen molar-refractivity contribution in [1.29, 1.82) is 0 Å². The second-order valence-corrected chi connectivity index (χ2v) is 7.77. The van der Waals surface area contributed by atoms with Gasteiger partial charge in [-0.3, -0.25) is 0 Å². The molecule has 1 rings (SSSR count). The molecule has 12 heavy (non-hydrogen) atoms. The van der Waals surface area contributed by atoms with E-state index in [1.165, 1.54) is 19.3 Å². The Morgan fingerprint density at radius 1 is 1.33 bits per heavy atom. The van der Waals surface area contributed by atoms with Gasteiger partial charge in [-0.1, -0.05) is 20.3 Å². The van der Waals surface area contributed by atoms with Crippen LogP contribution < -0.4 is 0 Å². The normalized spacial score (nSPS) is 21.0. The van der Waals surface area contributed by atoms with Gasteiger partial charge in [-0.2, -0.15) is 0 Å². The Morgan fingerprint density at radius 3 is 2.08 bits per heavy atom. The van der Waals surface area contributed by atoms with Crippen molar-refractivity contribution in [3.05, 3.63) is 0 Å². The van der Waals surface area contributed by atoms with E-state index >= 15 is 0 Å². The molecule has 3 heteroatoms. The Morgan fingerprint density at radius 2 is 1.83 bits per heavy atom. The summed E-state index contributed by atoms with van der Waals surface area (Å²) >= 11 is 0. The van der Waals surface area contributed by atoms with Crippen molar-refractivity contribution in [3.8, 4) is 0 Å². The molecule has 0 N–H and O–H groups in total. The van der Waals surface area contributed by atoms with Crippen molar-refractivity contribution >= 4 is 8.56 Å². The van der Waals surface area contributed by atoms with E-state index in [1.807, 2.05) is 14.2 Å². The van der Waals surface area contributed by atoms with Crippen LogP contribution in [0.4, 0.5) is 0 Å². The average Bonchev–Trinajstić information content (AvgIpc) is 2.91. The third kappa shape index (κ3) is 1.58. The van der Waals surface area contributed by atoms with Crippen LogP contribution in [0.15, 0.2) is 0 Å². The first-order valence-electron chi connectivity index (χ1n) is 4.81. The molecule has 2 nitrogen and oxygen atoms in total. The second-order valence-electron chi connectivity index (χ2n) is 3.71. The Hall–Kier alpha value is 0.137. The summed E-state index contributed by atoms with van der Waals surface area (Å²) in [5, 5.41) is 0. The molecule has 0 radical (unpaired) electrons. The fraction of sp³-hybridized carbons (Fsp3) is 1.00. The van der Waals surface area contributed by atoms with Gasteiger partial charge in [0, 0.05) is 19.8 Å². The maximum Gasteiger partial charge on any atom is 0.343 e. The third-order valence-corrected chi connectivity index (χ3v) is 7.86. The van der Waals surface area contributed by atoms with Gasteiger partial charge in [0.15, 0.2) is 0 Å². The molecule has 0 aromatic rings. The molecule has 0 aliphatic heterocycles. The standard InChI is InChI=1S/C9H20O2Si/c1-5-8(2)12(10-3,11-4)9-6-7-9/h8-9H,5-7H2,1-4H3. The van der Waals surface area contributed by atoms with Gasteiger partial charge in [-0.15, -0.1) is 0 Å². The van der Waals surface area contributed by atoms with Crippen LogP contribution in [-0.4, -0.2) is 22.8 Å². The van der Waals surface area contributed by atoms with Gasteiger partial charge in [-0.25, -0.2) is 0 Å². The molecule has 0 saturated heterocycles. The highest BCUT2D eigenvalue weighted by Gasteiger charge is 2.53. The molecule has 1 saturated carbocycles. The summed E-state index contributed by atoms with van der Waals surface area (Å²) in [5.41, 5.74) is 1.39. The van der Waals surface area contributed by atoms with Gasteiger partial charge in [-0.05, 0) is 18.4 Å². The van der Waals surface area contributed by atoms with Crippen LogP contribution in [0.1, 0.15) is 33.1 Å². The predicted molar refractivity (Wildman–Crippen MR) is 52.5 cm³/mol. The van der Waals surface area contributed by atoms with Crippen molar-refractivity contribution in [2.75, 3.05) is 14.2 Å². The molecule has 1 aliphatic carbocycles. The Balaban J connectivity index is 2.67. The Bertz CT molecular complexity index is 141. The molecule has 1 aliphatic rings.